The van der Waals surface area contributed by atoms with Gasteiger partial charge in [0.05, 0.1) is 7.11 Å². The molecule has 0 heterocycles. The third-order valence-corrected chi connectivity index (χ3v) is 3.85. The van der Waals surface area contributed by atoms with E-state index < -0.39 is 10.4 Å². The molecule has 0 fully saturated rings. The molecule has 0 bridgehead atoms. The molecule has 7 nitrogen and oxygen atoms in total. The molecule has 0 atom stereocenters. The van der Waals surface area contributed by atoms with Gasteiger partial charge < -0.3 is 14.2 Å². The fraction of sp³-hybridized carbons (Fsp3) is 0.500. The van der Waals surface area contributed by atoms with Crippen molar-refractivity contribution in [1.82, 2.24) is 5.32 Å². The number of rotatable bonds is 11. The van der Waals surface area contributed by atoms with Crippen molar-refractivity contribution in [3.8, 4) is 11.5 Å². The molecule has 0 unspecified atom stereocenters. The van der Waals surface area contributed by atoms with Gasteiger partial charge in [-0.1, -0.05) is 32.1 Å². The normalized spacial score (nSPS) is 11.7. The van der Waals surface area contributed by atoms with Crippen LogP contribution in [0.4, 0.5) is 0 Å². The van der Waals surface area contributed by atoms with Gasteiger partial charge in [0.1, 0.15) is 0 Å². The molecule has 0 aliphatic heterocycles. The van der Waals surface area contributed by atoms with Gasteiger partial charge in [0.2, 0.25) is 5.91 Å². The number of allylic oxidation sites excluding steroid dienone is 2. The van der Waals surface area contributed by atoms with Gasteiger partial charge in [0.15, 0.2) is 11.5 Å². The minimum absolute atomic E-state index is 0.0462. The summed E-state index contributed by atoms with van der Waals surface area (Å²) in [6, 6.07) is 4.48. The lowest BCUT2D eigenvalue weighted by Crippen LogP contribution is -2.22. The molecule has 26 heavy (non-hydrogen) atoms. The third-order valence-electron chi connectivity index (χ3n) is 3.46. The van der Waals surface area contributed by atoms with Crippen LogP contribution < -0.4 is 14.2 Å². The number of carbonyl (C=O) groups is 1. The third kappa shape index (κ3) is 9.43. The van der Waals surface area contributed by atoms with Gasteiger partial charge in [-0.05, 0) is 42.9 Å². The quantitative estimate of drug-likeness (QED) is 0.344. The van der Waals surface area contributed by atoms with Gasteiger partial charge in [0, 0.05) is 13.0 Å². The van der Waals surface area contributed by atoms with Crippen LogP contribution in [-0.4, -0.2) is 26.0 Å². The Balaban J connectivity index is 2.43. The zero-order valence-corrected chi connectivity index (χ0v) is 16.2. The maximum atomic E-state index is 11.9. The van der Waals surface area contributed by atoms with Crippen LogP contribution >= 0.6 is 0 Å². The first-order valence-corrected chi connectivity index (χ1v) is 9.85. The highest BCUT2D eigenvalue weighted by molar-refractivity contribution is 7.81. The van der Waals surface area contributed by atoms with E-state index in [0.29, 0.717) is 12.3 Å². The lowest BCUT2D eigenvalue weighted by atomic mass is 10.1. The number of hydrogen-bond donors (Lipinski definition) is 2. The van der Waals surface area contributed by atoms with Crippen LogP contribution in [-0.2, 0) is 21.7 Å². The van der Waals surface area contributed by atoms with E-state index in [9.17, 15) is 13.2 Å². The number of nitrogens with one attached hydrogen (secondary N) is 1. The zero-order valence-electron chi connectivity index (χ0n) is 15.4. The maximum Gasteiger partial charge on any atom is 0.446 e. The Labute approximate surface area is 155 Å². The molecular weight excluding hydrogens is 358 g/mol. The average molecular weight is 385 g/mol. The van der Waals surface area contributed by atoms with Crippen molar-refractivity contribution in [2.75, 3.05) is 7.11 Å². The number of ether oxygens (including phenoxy) is 1. The Bertz CT molecular complexity index is 712. The van der Waals surface area contributed by atoms with E-state index >= 15 is 0 Å². The Morgan fingerprint density at radius 1 is 1.27 bits per heavy atom. The average Bonchev–Trinajstić information content (AvgIpc) is 2.55. The molecule has 1 aromatic rings. The standard InChI is InChI=1S/C18H27NO6S/c1-14(2)8-6-4-5-7-9-18(20)19-13-15-10-11-16(17(12-15)24-3)25-26(21,22)23/h6,8,10-12,14H,4-5,7,9,13H2,1-3H3,(H,19,20)(H,21,22,23). The van der Waals surface area contributed by atoms with Crippen molar-refractivity contribution in [3.05, 3.63) is 35.9 Å². The Morgan fingerprint density at radius 3 is 2.62 bits per heavy atom. The zero-order chi connectivity index (χ0) is 19.6. The van der Waals surface area contributed by atoms with Gasteiger partial charge in [-0.15, -0.1) is 0 Å². The van der Waals surface area contributed by atoms with Crippen LogP contribution in [0.3, 0.4) is 0 Å². The van der Waals surface area contributed by atoms with Gasteiger partial charge in [-0.25, -0.2) is 0 Å². The summed E-state index contributed by atoms with van der Waals surface area (Å²) in [6.45, 7) is 4.54. The van der Waals surface area contributed by atoms with Crippen molar-refractivity contribution in [2.45, 2.75) is 46.1 Å². The lowest BCUT2D eigenvalue weighted by Gasteiger charge is -2.10. The molecule has 8 heteroatoms. The summed E-state index contributed by atoms with van der Waals surface area (Å²) in [4.78, 5) is 11.9. The van der Waals surface area contributed by atoms with Crippen molar-refractivity contribution in [3.63, 3.8) is 0 Å². The van der Waals surface area contributed by atoms with Crippen LogP contribution in [0.25, 0.3) is 0 Å². The Morgan fingerprint density at radius 2 is 2.00 bits per heavy atom. The lowest BCUT2D eigenvalue weighted by molar-refractivity contribution is -0.121. The van der Waals surface area contributed by atoms with E-state index in [1.807, 2.05) is 0 Å². The summed E-state index contributed by atoms with van der Waals surface area (Å²) in [5.74, 6) is 0.519. The van der Waals surface area contributed by atoms with Gasteiger partial charge in [-0.3, -0.25) is 9.35 Å². The molecular formula is C18H27NO6S. The summed E-state index contributed by atoms with van der Waals surface area (Å²) in [5, 5.41) is 2.81. The summed E-state index contributed by atoms with van der Waals surface area (Å²) in [6.07, 6.45) is 7.51. The summed E-state index contributed by atoms with van der Waals surface area (Å²) < 4.78 is 39.8. The predicted octanol–water partition coefficient (Wildman–Crippen LogP) is 3.27. The smallest absolute Gasteiger partial charge is 0.446 e. The number of amides is 1. The monoisotopic (exact) mass is 385 g/mol. The van der Waals surface area contributed by atoms with Crippen LogP contribution in [0, 0.1) is 5.92 Å². The molecule has 0 saturated carbocycles. The molecule has 146 valence electrons. The summed E-state index contributed by atoms with van der Waals surface area (Å²) >= 11 is 0. The Kier molecular flexibility index (Phi) is 9.15. The van der Waals surface area contributed by atoms with E-state index in [1.54, 1.807) is 6.07 Å². The van der Waals surface area contributed by atoms with Gasteiger partial charge in [-0.2, -0.15) is 8.42 Å². The van der Waals surface area contributed by atoms with E-state index in [0.717, 1.165) is 24.8 Å². The topological polar surface area (TPSA) is 102 Å². The number of carbonyl (C=O) groups excluding carboxylic acids is 1. The molecule has 2 N–H and O–H groups in total. The second-order valence-electron chi connectivity index (χ2n) is 6.19. The number of benzene rings is 1. The van der Waals surface area contributed by atoms with Crippen LogP contribution in [0.2, 0.25) is 0 Å². The molecule has 0 aliphatic carbocycles. The van der Waals surface area contributed by atoms with Crippen molar-refractivity contribution in [1.29, 1.82) is 0 Å². The first-order valence-electron chi connectivity index (χ1n) is 8.48. The highest BCUT2D eigenvalue weighted by Gasteiger charge is 2.13. The number of hydrogen-bond acceptors (Lipinski definition) is 5. The second kappa shape index (κ2) is 10.8. The first kappa shape index (κ1) is 22.0. The molecule has 1 rings (SSSR count). The van der Waals surface area contributed by atoms with Crippen molar-refractivity contribution < 1.29 is 26.7 Å². The van der Waals surface area contributed by atoms with E-state index in [4.69, 9.17) is 9.29 Å². The van der Waals surface area contributed by atoms with Gasteiger partial charge >= 0.3 is 10.4 Å². The number of unbranched alkanes of at least 4 members (excludes halogenated alkanes) is 2. The minimum atomic E-state index is -4.62. The van der Waals surface area contributed by atoms with Crippen molar-refractivity contribution in [2.24, 2.45) is 5.92 Å². The molecule has 0 aromatic heterocycles. The predicted molar refractivity (Wildman–Crippen MR) is 99.5 cm³/mol. The van der Waals surface area contributed by atoms with Crippen LogP contribution in [0.1, 0.15) is 45.1 Å². The number of methoxy groups -OCH3 is 1. The molecule has 0 radical (unpaired) electrons. The fourth-order valence-corrected chi connectivity index (χ4v) is 2.57. The molecule has 0 saturated heterocycles. The minimum Gasteiger partial charge on any atom is -0.493 e. The summed E-state index contributed by atoms with van der Waals surface area (Å²) in [5.41, 5.74) is 0.720. The highest BCUT2D eigenvalue weighted by Crippen LogP contribution is 2.29. The van der Waals surface area contributed by atoms with E-state index in [2.05, 4.69) is 35.5 Å². The second-order valence-corrected chi connectivity index (χ2v) is 7.21. The van der Waals surface area contributed by atoms with Crippen molar-refractivity contribution >= 4 is 16.3 Å². The first-order chi connectivity index (χ1) is 12.2. The largest absolute Gasteiger partial charge is 0.493 e. The molecule has 1 aromatic carbocycles. The molecule has 1 amide bonds. The Hall–Kier alpha value is -2.06. The van der Waals surface area contributed by atoms with E-state index in [-0.39, 0.29) is 24.0 Å². The van der Waals surface area contributed by atoms with Crippen LogP contribution in [0.5, 0.6) is 11.5 Å². The SMILES string of the molecule is COc1cc(CNC(=O)CCCCC=CC(C)C)ccc1OS(=O)(=O)O. The highest BCUT2D eigenvalue weighted by atomic mass is 32.3. The van der Waals surface area contributed by atoms with Crippen LogP contribution in [0.15, 0.2) is 30.4 Å². The van der Waals surface area contributed by atoms with E-state index in [1.165, 1.54) is 19.2 Å². The maximum absolute atomic E-state index is 11.9. The van der Waals surface area contributed by atoms with Gasteiger partial charge in [0.25, 0.3) is 0 Å². The molecule has 0 aliphatic rings. The summed E-state index contributed by atoms with van der Waals surface area (Å²) in [7, 11) is -3.28. The fourth-order valence-electron chi connectivity index (χ4n) is 2.21. The molecule has 0 spiro atoms.